The second kappa shape index (κ2) is 9.42. The molecule has 0 aliphatic carbocycles. The van der Waals surface area contributed by atoms with Crippen molar-refractivity contribution >= 4 is 17.5 Å². The molecule has 1 heterocycles. The number of anilines is 1. The Morgan fingerprint density at radius 1 is 1.12 bits per heavy atom. The van der Waals surface area contributed by atoms with Crippen LogP contribution in [0.5, 0.6) is 0 Å². The number of amides is 2. The maximum atomic E-state index is 12.3. The Balaban J connectivity index is 1.73. The number of rotatable bonds is 7. The fourth-order valence-electron chi connectivity index (χ4n) is 3.09. The molecule has 1 aliphatic heterocycles. The van der Waals surface area contributed by atoms with Gasteiger partial charge in [0, 0.05) is 17.6 Å². The molecule has 0 aromatic heterocycles. The fourth-order valence-corrected chi connectivity index (χ4v) is 3.09. The number of carbonyl (C=O) groups excluding carboxylic acids is 2. The van der Waals surface area contributed by atoms with Gasteiger partial charge in [-0.1, -0.05) is 32.0 Å². The molecule has 2 rings (SSSR count). The van der Waals surface area contributed by atoms with Crippen molar-refractivity contribution in [3.8, 4) is 0 Å². The lowest BCUT2D eigenvalue weighted by atomic mass is 9.95. The Bertz CT molecular complexity index is 521. The number of nitrogens with zero attached hydrogens (tertiary/aromatic N) is 1. The summed E-state index contributed by atoms with van der Waals surface area (Å²) in [6, 6.07) is 9.82. The van der Waals surface area contributed by atoms with E-state index in [1.165, 1.54) is 0 Å². The number of piperidine rings is 1. The van der Waals surface area contributed by atoms with Crippen molar-refractivity contribution in [3.63, 3.8) is 0 Å². The van der Waals surface area contributed by atoms with Gasteiger partial charge in [0.25, 0.3) is 0 Å². The molecule has 1 fully saturated rings. The van der Waals surface area contributed by atoms with E-state index in [1.807, 2.05) is 30.3 Å². The molecule has 1 aromatic rings. The van der Waals surface area contributed by atoms with Crippen LogP contribution in [-0.2, 0) is 9.59 Å². The van der Waals surface area contributed by atoms with Crippen LogP contribution < -0.4 is 10.6 Å². The van der Waals surface area contributed by atoms with Crippen LogP contribution in [-0.4, -0.2) is 42.4 Å². The summed E-state index contributed by atoms with van der Waals surface area (Å²) in [5.41, 5.74) is 0.842. The van der Waals surface area contributed by atoms with Gasteiger partial charge in [-0.3, -0.25) is 14.5 Å². The van der Waals surface area contributed by atoms with Gasteiger partial charge in [-0.25, -0.2) is 0 Å². The van der Waals surface area contributed by atoms with E-state index < -0.39 is 0 Å². The topological polar surface area (TPSA) is 61.4 Å². The largest absolute Gasteiger partial charge is 0.352 e. The molecule has 0 saturated carbocycles. The van der Waals surface area contributed by atoms with Gasteiger partial charge in [-0.2, -0.15) is 0 Å². The zero-order valence-electron chi connectivity index (χ0n) is 14.8. The van der Waals surface area contributed by atoms with Crippen molar-refractivity contribution < 1.29 is 9.59 Å². The van der Waals surface area contributed by atoms with Crippen LogP contribution in [0.15, 0.2) is 30.3 Å². The summed E-state index contributed by atoms with van der Waals surface area (Å²) >= 11 is 0. The first-order valence-corrected chi connectivity index (χ1v) is 9.00. The van der Waals surface area contributed by atoms with Crippen LogP contribution >= 0.6 is 0 Å². The van der Waals surface area contributed by atoms with Gasteiger partial charge in [0.1, 0.15) is 0 Å². The Labute approximate surface area is 144 Å². The lowest BCUT2D eigenvalue weighted by molar-refractivity contribution is -0.124. The van der Waals surface area contributed by atoms with E-state index in [2.05, 4.69) is 29.4 Å². The van der Waals surface area contributed by atoms with Crippen LogP contribution in [0.3, 0.4) is 0 Å². The maximum Gasteiger partial charge on any atom is 0.234 e. The van der Waals surface area contributed by atoms with E-state index in [1.54, 1.807) is 0 Å². The molecule has 2 amide bonds. The summed E-state index contributed by atoms with van der Waals surface area (Å²) in [6.07, 6.45) is 3.53. The number of para-hydroxylation sites is 1. The van der Waals surface area contributed by atoms with Crippen LogP contribution in [0.2, 0.25) is 0 Å². The summed E-state index contributed by atoms with van der Waals surface area (Å²) in [4.78, 5) is 26.5. The van der Waals surface area contributed by atoms with E-state index in [-0.39, 0.29) is 23.8 Å². The lowest BCUT2D eigenvalue weighted by Crippen LogP contribution is -2.45. The van der Waals surface area contributed by atoms with Gasteiger partial charge in [0.2, 0.25) is 11.8 Å². The highest BCUT2D eigenvalue weighted by Crippen LogP contribution is 2.19. The molecule has 2 N–H and O–H groups in total. The Hall–Kier alpha value is -1.88. The Morgan fingerprint density at radius 2 is 1.75 bits per heavy atom. The summed E-state index contributed by atoms with van der Waals surface area (Å²) in [5.74, 6) is 0.210. The predicted molar refractivity (Wildman–Crippen MR) is 96.7 cm³/mol. The van der Waals surface area contributed by atoms with Crippen LogP contribution in [0, 0.1) is 5.92 Å². The second-order valence-corrected chi connectivity index (χ2v) is 6.49. The average molecular weight is 331 g/mol. The first-order valence-electron chi connectivity index (χ1n) is 9.00. The Kier molecular flexibility index (Phi) is 7.25. The van der Waals surface area contributed by atoms with Crippen LogP contribution in [0.1, 0.15) is 39.5 Å². The molecule has 1 aliphatic rings. The van der Waals surface area contributed by atoms with Crippen LogP contribution in [0.4, 0.5) is 5.69 Å². The van der Waals surface area contributed by atoms with Crippen molar-refractivity contribution in [1.29, 1.82) is 0 Å². The molecule has 5 nitrogen and oxygen atoms in total. The minimum Gasteiger partial charge on any atom is -0.352 e. The van der Waals surface area contributed by atoms with Crippen LogP contribution in [0.25, 0.3) is 0 Å². The summed E-state index contributed by atoms with van der Waals surface area (Å²) in [6.45, 7) is 6.20. The third kappa shape index (κ3) is 5.64. The normalized spacial score (nSPS) is 16.1. The number of benzene rings is 1. The third-order valence-electron chi connectivity index (χ3n) is 4.72. The number of nitrogens with one attached hydrogen (secondary N) is 2. The lowest BCUT2D eigenvalue weighted by Gasteiger charge is -2.31. The van der Waals surface area contributed by atoms with E-state index in [0.717, 1.165) is 44.5 Å². The van der Waals surface area contributed by atoms with Crippen molar-refractivity contribution in [2.45, 2.75) is 45.6 Å². The SMILES string of the molecule is CCC(CC)NC(=O)CN1CCC(C(=O)Nc2ccccc2)CC1. The average Bonchev–Trinajstić information content (AvgIpc) is 2.61. The highest BCUT2D eigenvalue weighted by Gasteiger charge is 2.26. The highest BCUT2D eigenvalue weighted by atomic mass is 16.2. The molecule has 0 spiro atoms. The second-order valence-electron chi connectivity index (χ2n) is 6.49. The number of likely N-dealkylation sites (tertiary alicyclic amines) is 1. The minimum atomic E-state index is 0.0311. The minimum absolute atomic E-state index is 0.0311. The van der Waals surface area contributed by atoms with Crippen molar-refractivity contribution in [3.05, 3.63) is 30.3 Å². The van der Waals surface area contributed by atoms with E-state index in [4.69, 9.17) is 0 Å². The number of hydrogen-bond donors (Lipinski definition) is 2. The van der Waals surface area contributed by atoms with Gasteiger partial charge < -0.3 is 10.6 Å². The highest BCUT2D eigenvalue weighted by molar-refractivity contribution is 5.92. The molecule has 0 bridgehead atoms. The molecule has 0 atom stereocenters. The molecule has 0 radical (unpaired) electrons. The van der Waals surface area contributed by atoms with E-state index >= 15 is 0 Å². The van der Waals surface area contributed by atoms with E-state index in [0.29, 0.717) is 6.54 Å². The standard InChI is InChI=1S/C19H29N3O2/c1-3-16(4-2)20-18(23)14-22-12-10-15(11-13-22)19(24)21-17-8-6-5-7-9-17/h5-9,15-16H,3-4,10-14H2,1-2H3,(H,20,23)(H,21,24). The van der Waals surface area contributed by atoms with Crippen molar-refractivity contribution in [2.75, 3.05) is 25.0 Å². The van der Waals surface area contributed by atoms with Gasteiger partial charge >= 0.3 is 0 Å². The zero-order chi connectivity index (χ0) is 17.4. The molecule has 132 valence electrons. The molecular formula is C19H29N3O2. The molecule has 0 unspecified atom stereocenters. The quantitative estimate of drug-likeness (QED) is 0.807. The predicted octanol–water partition coefficient (Wildman–Crippen LogP) is 2.64. The number of carbonyl (C=O) groups is 2. The summed E-state index contributed by atoms with van der Waals surface area (Å²) in [5, 5.41) is 6.04. The Morgan fingerprint density at radius 3 is 2.33 bits per heavy atom. The first-order chi connectivity index (χ1) is 11.6. The number of hydrogen-bond acceptors (Lipinski definition) is 3. The molecule has 1 aromatic carbocycles. The van der Waals surface area contributed by atoms with Gasteiger partial charge in [0.15, 0.2) is 0 Å². The third-order valence-corrected chi connectivity index (χ3v) is 4.72. The van der Waals surface area contributed by atoms with Gasteiger partial charge in [0.05, 0.1) is 6.54 Å². The van der Waals surface area contributed by atoms with Crippen molar-refractivity contribution in [1.82, 2.24) is 10.2 Å². The monoisotopic (exact) mass is 331 g/mol. The molecule has 5 heteroatoms. The molecular weight excluding hydrogens is 302 g/mol. The zero-order valence-corrected chi connectivity index (χ0v) is 14.8. The summed E-state index contributed by atoms with van der Waals surface area (Å²) < 4.78 is 0. The smallest absolute Gasteiger partial charge is 0.234 e. The maximum absolute atomic E-state index is 12.3. The summed E-state index contributed by atoms with van der Waals surface area (Å²) in [7, 11) is 0. The fraction of sp³-hybridized carbons (Fsp3) is 0.579. The molecule has 24 heavy (non-hydrogen) atoms. The first kappa shape index (κ1) is 18.5. The molecule has 1 saturated heterocycles. The van der Waals surface area contributed by atoms with E-state index in [9.17, 15) is 9.59 Å². The van der Waals surface area contributed by atoms with Gasteiger partial charge in [-0.15, -0.1) is 0 Å². The van der Waals surface area contributed by atoms with Crippen molar-refractivity contribution in [2.24, 2.45) is 5.92 Å². The van der Waals surface area contributed by atoms with Gasteiger partial charge in [-0.05, 0) is 50.9 Å².